The highest BCUT2D eigenvalue weighted by Gasteiger charge is 2.30. The molecule has 7 nitrogen and oxygen atoms in total. The number of hydrogen-bond acceptors (Lipinski definition) is 5. The van der Waals surface area contributed by atoms with Crippen molar-refractivity contribution in [1.82, 2.24) is 9.62 Å². The fourth-order valence-electron chi connectivity index (χ4n) is 2.41. The van der Waals surface area contributed by atoms with E-state index in [1.54, 1.807) is 6.07 Å². The highest BCUT2D eigenvalue weighted by atomic mass is 32.2. The first-order valence-electron chi connectivity index (χ1n) is 7.67. The summed E-state index contributed by atoms with van der Waals surface area (Å²) in [7, 11) is -3.79. The molecule has 1 aliphatic heterocycles. The number of furan rings is 1. The maximum atomic E-state index is 13.1. The number of carbonyl (C=O) groups is 1. The Labute approximate surface area is 144 Å². The number of hydrogen-bond donors (Lipinski definition) is 1. The van der Waals surface area contributed by atoms with E-state index in [9.17, 15) is 17.6 Å². The number of carbonyl (C=O) groups excluding carboxylic acids is 1. The topological polar surface area (TPSA) is 88.9 Å². The first kappa shape index (κ1) is 17.6. The highest BCUT2D eigenvalue weighted by molar-refractivity contribution is 7.89. The molecule has 1 saturated heterocycles. The summed E-state index contributed by atoms with van der Waals surface area (Å²) in [4.78, 5) is 12.1. The maximum absolute atomic E-state index is 13.1. The Hall–Kier alpha value is -2.23. The summed E-state index contributed by atoms with van der Waals surface area (Å²) >= 11 is 0. The first-order valence-corrected chi connectivity index (χ1v) is 9.11. The Bertz CT molecular complexity index is 859. The predicted octanol–water partition coefficient (Wildman–Crippen LogP) is 1.37. The molecule has 0 atom stereocenters. The molecule has 0 radical (unpaired) electrons. The van der Waals surface area contributed by atoms with Crippen LogP contribution in [0.25, 0.3) is 0 Å². The lowest BCUT2D eigenvalue weighted by molar-refractivity contribution is 0.0722. The molecule has 2 heterocycles. The molecule has 2 aromatic rings. The number of benzene rings is 1. The molecule has 1 aromatic carbocycles. The van der Waals surface area contributed by atoms with Crippen molar-refractivity contribution < 1.29 is 26.8 Å². The first-order chi connectivity index (χ1) is 12.0. The summed E-state index contributed by atoms with van der Waals surface area (Å²) in [5.74, 6) is -1.10. The second-order valence-corrected chi connectivity index (χ2v) is 7.32. The predicted molar refractivity (Wildman–Crippen MR) is 85.9 cm³/mol. The fraction of sp³-hybridized carbons (Fsp3) is 0.312. The van der Waals surface area contributed by atoms with Gasteiger partial charge in [-0.25, -0.2) is 12.8 Å². The van der Waals surface area contributed by atoms with Crippen LogP contribution in [0.4, 0.5) is 4.39 Å². The third-order valence-corrected chi connectivity index (χ3v) is 5.48. The van der Waals surface area contributed by atoms with Crippen molar-refractivity contribution in [1.29, 1.82) is 0 Å². The minimum Gasteiger partial charge on any atom is -0.438 e. The lowest BCUT2D eigenvalue weighted by Crippen LogP contribution is -2.40. The maximum Gasteiger partial charge on any atom is 0.287 e. The summed E-state index contributed by atoms with van der Waals surface area (Å²) in [5.41, 5.74) is 0.584. The quantitative estimate of drug-likeness (QED) is 0.861. The molecule has 25 heavy (non-hydrogen) atoms. The summed E-state index contributed by atoms with van der Waals surface area (Å²) < 4.78 is 49.6. The third kappa shape index (κ3) is 4.06. The molecule has 0 aliphatic carbocycles. The van der Waals surface area contributed by atoms with Gasteiger partial charge in [-0.2, -0.15) is 4.31 Å². The lowest BCUT2D eigenvalue weighted by atomic mass is 10.2. The Morgan fingerprint density at radius 2 is 1.96 bits per heavy atom. The SMILES string of the molecule is O=C(NCc1cccc(F)c1)c1ccc(S(=O)(=O)N2CCOCC2)o1. The van der Waals surface area contributed by atoms with Crippen molar-refractivity contribution in [3.8, 4) is 0 Å². The van der Waals surface area contributed by atoms with Crippen molar-refractivity contribution in [2.75, 3.05) is 26.3 Å². The van der Waals surface area contributed by atoms with Crippen LogP contribution in [-0.2, 0) is 21.3 Å². The van der Waals surface area contributed by atoms with E-state index in [4.69, 9.17) is 9.15 Å². The van der Waals surface area contributed by atoms with Gasteiger partial charge in [0, 0.05) is 19.6 Å². The minimum atomic E-state index is -3.79. The zero-order valence-corrected chi connectivity index (χ0v) is 14.1. The Kier molecular flexibility index (Phi) is 5.16. The molecular formula is C16H17FN2O5S. The van der Waals surface area contributed by atoms with E-state index in [0.717, 1.165) is 0 Å². The Balaban J connectivity index is 1.67. The lowest BCUT2D eigenvalue weighted by Gasteiger charge is -2.24. The average molecular weight is 368 g/mol. The number of rotatable bonds is 5. The van der Waals surface area contributed by atoms with Crippen LogP contribution in [0.15, 0.2) is 45.9 Å². The molecule has 0 unspecified atom stereocenters. The van der Waals surface area contributed by atoms with Gasteiger partial charge in [-0.3, -0.25) is 4.79 Å². The van der Waals surface area contributed by atoms with E-state index in [-0.39, 0.29) is 30.5 Å². The number of morpholine rings is 1. The number of ether oxygens (including phenoxy) is 1. The van der Waals surface area contributed by atoms with Crippen LogP contribution < -0.4 is 5.32 Å². The molecule has 9 heteroatoms. The van der Waals surface area contributed by atoms with Gasteiger partial charge >= 0.3 is 0 Å². The Morgan fingerprint density at radius 3 is 2.68 bits per heavy atom. The van der Waals surface area contributed by atoms with E-state index in [0.29, 0.717) is 18.8 Å². The van der Waals surface area contributed by atoms with Gasteiger partial charge in [-0.15, -0.1) is 0 Å². The smallest absolute Gasteiger partial charge is 0.287 e. The summed E-state index contributed by atoms with van der Waals surface area (Å²) in [6, 6.07) is 8.37. The number of halogens is 1. The van der Waals surface area contributed by atoms with Crippen LogP contribution in [0.5, 0.6) is 0 Å². The molecule has 1 aromatic heterocycles. The third-order valence-electron chi connectivity index (χ3n) is 3.71. The number of nitrogens with one attached hydrogen (secondary N) is 1. The summed E-state index contributed by atoms with van der Waals surface area (Å²) in [6.45, 7) is 1.22. The van der Waals surface area contributed by atoms with E-state index in [1.165, 1.54) is 34.6 Å². The van der Waals surface area contributed by atoms with Gasteiger partial charge in [0.1, 0.15) is 5.82 Å². The molecule has 3 rings (SSSR count). The number of nitrogens with zero attached hydrogens (tertiary/aromatic N) is 1. The molecule has 0 saturated carbocycles. The second-order valence-electron chi connectivity index (χ2n) is 5.45. The molecule has 0 spiro atoms. The van der Waals surface area contributed by atoms with Crippen LogP contribution in [0.1, 0.15) is 16.1 Å². The second kappa shape index (κ2) is 7.34. The molecular weight excluding hydrogens is 351 g/mol. The van der Waals surface area contributed by atoms with E-state index >= 15 is 0 Å². The standard InChI is InChI=1S/C16H17FN2O5S/c17-13-3-1-2-12(10-13)11-18-16(20)14-4-5-15(24-14)25(21,22)19-6-8-23-9-7-19/h1-5,10H,6-9,11H2,(H,18,20). The zero-order valence-electron chi connectivity index (χ0n) is 13.3. The number of amides is 1. The van der Waals surface area contributed by atoms with Crippen molar-refractivity contribution in [3.05, 3.63) is 53.5 Å². The highest BCUT2D eigenvalue weighted by Crippen LogP contribution is 2.20. The van der Waals surface area contributed by atoms with Crippen LogP contribution in [-0.4, -0.2) is 44.9 Å². The molecule has 0 bridgehead atoms. The molecule has 1 aliphatic rings. The van der Waals surface area contributed by atoms with Crippen LogP contribution in [0, 0.1) is 5.82 Å². The fourth-order valence-corrected chi connectivity index (χ4v) is 3.73. The minimum absolute atomic E-state index is 0.100. The van der Waals surface area contributed by atoms with Crippen molar-refractivity contribution in [3.63, 3.8) is 0 Å². The van der Waals surface area contributed by atoms with Gasteiger partial charge < -0.3 is 14.5 Å². The van der Waals surface area contributed by atoms with Crippen molar-refractivity contribution in [2.45, 2.75) is 11.6 Å². The van der Waals surface area contributed by atoms with Crippen molar-refractivity contribution in [2.24, 2.45) is 0 Å². The normalized spacial score (nSPS) is 15.9. The molecule has 1 amide bonds. The van der Waals surface area contributed by atoms with Gasteiger partial charge in [-0.05, 0) is 29.8 Å². The number of sulfonamides is 1. The van der Waals surface area contributed by atoms with Gasteiger partial charge in [0.2, 0.25) is 5.09 Å². The van der Waals surface area contributed by atoms with Crippen LogP contribution in [0.2, 0.25) is 0 Å². The largest absolute Gasteiger partial charge is 0.438 e. The van der Waals surface area contributed by atoms with Crippen molar-refractivity contribution >= 4 is 15.9 Å². The zero-order chi connectivity index (χ0) is 17.9. The Morgan fingerprint density at radius 1 is 1.20 bits per heavy atom. The van der Waals surface area contributed by atoms with Crippen LogP contribution in [0.3, 0.4) is 0 Å². The van der Waals surface area contributed by atoms with Gasteiger partial charge in [0.25, 0.3) is 15.9 Å². The monoisotopic (exact) mass is 368 g/mol. The summed E-state index contributed by atoms with van der Waals surface area (Å²) in [5, 5.41) is 2.27. The van der Waals surface area contributed by atoms with Crippen LogP contribution >= 0.6 is 0 Å². The van der Waals surface area contributed by atoms with Gasteiger partial charge in [0.15, 0.2) is 5.76 Å². The van der Waals surface area contributed by atoms with E-state index < -0.39 is 21.7 Å². The molecule has 1 fully saturated rings. The average Bonchev–Trinajstić information content (AvgIpc) is 3.11. The van der Waals surface area contributed by atoms with Gasteiger partial charge in [0.05, 0.1) is 13.2 Å². The molecule has 1 N–H and O–H groups in total. The molecule has 134 valence electrons. The van der Waals surface area contributed by atoms with E-state index in [1.807, 2.05) is 0 Å². The summed E-state index contributed by atoms with van der Waals surface area (Å²) in [6.07, 6.45) is 0. The van der Waals surface area contributed by atoms with E-state index in [2.05, 4.69) is 5.32 Å². The van der Waals surface area contributed by atoms with Gasteiger partial charge in [-0.1, -0.05) is 12.1 Å².